The molecule has 21 heavy (non-hydrogen) atoms. The zero-order valence-corrected chi connectivity index (χ0v) is 12.3. The minimum absolute atomic E-state index is 0.0256. The van der Waals surface area contributed by atoms with Gasteiger partial charge in [0.05, 0.1) is 7.11 Å². The second kappa shape index (κ2) is 6.79. The first kappa shape index (κ1) is 14.9. The molecule has 0 fully saturated rings. The number of nitrogen functional groups attached to an aromatic ring is 1. The molecule has 0 saturated carbocycles. The number of nitrogens with one attached hydrogen (secondary N) is 1. The van der Waals surface area contributed by atoms with E-state index in [-0.39, 0.29) is 5.91 Å². The summed E-state index contributed by atoms with van der Waals surface area (Å²) in [5.74, 6) is 0.696. The largest absolute Gasteiger partial charge is 0.497 e. The zero-order valence-electron chi connectivity index (χ0n) is 12.3. The van der Waals surface area contributed by atoms with Crippen molar-refractivity contribution in [1.29, 1.82) is 0 Å². The first-order chi connectivity index (χ1) is 10.1. The summed E-state index contributed by atoms with van der Waals surface area (Å²) in [5.41, 5.74) is 9.49. The molecule has 4 nitrogen and oxygen atoms in total. The van der Waals surface area contributed by atoms with Crippen LogP contribution in [0.15, 0.2) is 42.5 Å². The molecule has 0 radical (unpaired) electrons. The van der Waals surface area contributed by atoms with Crippen molar-refractivity contribution < 1.29 is 9.53 Å². The molecule has 2 rings (SSSR count). The molecular formula is C17H20N2O2. The first-order valence-corrected chi connectivity index (χ1v) is 6.87. The summed E-state index contributed by atoms with van der Waals surface area (Å²) in [7, 11) is 1.60. The smallest absolute Gasteiger partial charge is 0.224 e. The van der Waals surface area contributed by atoms with Crippen molar-refractivity contribution >= 4 is 17.3 Å². The normalized spacial score (nSPS) is 10.2. The Morgan fingerprint density at radius 2 is 2.05 bits per heavy atom. The van der Waals surface area contributed by atoms with Crippen LogP contribution in [-0.2, 0) is 11.2 Å². The van der Waals surface area contributed by atoms with E-state index < -0.39 is 0 Å². The van der Waals surface area contributed by atoms with Gasteiger partial charge in [-0.05, 0) is 42.7 Å². The van der Waals surface area contributed by atoms with E-state index in [0.29, 0.717) is 12.8 Å². The molecule has 0 aliphatic rings. The third-order valence-corrected chi connectivity index (χ3v) is 3.34. The van der Waals surface area contributed by atoms with Crippen molar-refractivity contribution in [1.82, 2.24) is 0 Å². The average molecular weight is 284 g/mol. The lowest BCUT2D eigenvalue weighted by molar-refractivity contribution is -0.116. The van der Waals surface area contributed by atoms with Crippen LogP contribution in [0.3, 0.4) is 0 Å². The molecule has 3 N–H and O–H groups in total. The van der Waals surface area contributed by atoms with E-state index in [1.54, 1.807) is 13.2 Å². The molecule has 0 heterocycles. The molecule has 0 bridgehead atoms. The number of benzene rings is 2. The number of aryl methyl sites for hydroxylation is 2. The number of hydrogen-bond acceptors (Lipinski definition) is 3. The Morgan fingerprint density at radius 3 is 2.76 bits per heavy atom. The van der Waals surface area contributed by atoms with Crippen molar-refractivity contribution in [2.75, 3.05) is 18.2 Å². The fraction of sp³-hybridized carbons (Fsp3) is 0.235. The van der Waals surface area contributed by atoms with E-state index in [2.05, 4.69) is 5.32 Å². The molecule has 1 amide bonds. The van der Waals surface area contributed by atoms with Crippen molar-refractivity contribution in [2.45, 2.75) is 19.8 Å². The van der Waals surface area contributed by atoms with Crippen molar-refractivity contribution in [3.63, 3.8) is 0 Å². The molecule has 0 aromatic heterocycles. The minimum Gasteiger partial charge on any atom is -0.497 e. The van der Waals surface area contributed by atoms with E-state index in [1.807, 2.05) is 43.3 Å². The highest BCUT2D eigenvalue weighted by molar-refractivity contribution is 5.91. The number of methoxy groups -OCH3 is 1. The van der Waals surface area contributed by atoms with E-state index >= 15 is 0 Å². The SMILES string of the molecule is COc1cccc(NC(=O)CCc2ccc(C)c(N)c2)c1. The third-order valence-electron chi connectivity index (χ3n) is 3.34. The molecule has 0 spiro atoms. The topological polar surface area (TPSA) is 64.3 Å². The Bertz CT molecular complexity index is 638. The summed E-state index contributed by atoms with van der Waals surface area (Å²) >= 11 is 0. The highest BCUT2D eigenvalue weighted by Crippen LogP contribution is 2.18. The standard InChI is InChI=1S/C17H20N2O2/c1-12-6-7-13(10-16(12)18)8-9-17(20)19-14-4-3-5-15(11-14)21-2/h3-7,10-11H,8-9,18H2,1-2H3,(H,19,20). The Hall–Kier alpha value is -2.49. The van der Waals surface area contributed by atoms with Crippen LogP contribution >= 0.6 is 0 Å². The highest BCUT2D eigenvalue weighted by Gasteiger charge is 2.05. The molecule has 4 heteroatoms. The van der Waals surface area contributed by atoms with Gasteiger partial charge in [-0.15, -0.1) is 0 Å². The lowest BCUT2D eigenvalue weighted by Gasteiger charge is -2.08. The van der Waals surface area contributed by atoms with Gasteiger partial charge in [-0.1, -0.05) is 18.2 Å². The number of hydrogen-bond donors (Lipinski definition) is 2. The highest BCUT2D eigenvalue weighted by atomic mass is 16.5. The second-order valence-corrected chi connectivity index (χ2v) is 4.97. The molecule has 0 atom stereocenters. The Kier molecular flexibility index (Phi) is 4.82. The molecule has 0 saturated heterocycles. The number of carbonyl (C=O) groups excluding carboxylic acids is 1. The number of anilines is 2. The summed E-state index contributed by atoms with van der Waals surface area (Å²) in [6.07, 6.45) is 1.08. The first-order valence-electron chi connectivity index (χ1n) is 6.87. The summed E-state index contributed by atoms with van der Waals surface area (Å²) in [6, 6.07) is 13.2. The molecule has 110 valence electrons. The molecule has 2 aromatic carbocycles. The summed E-state index contributed by atoms with van der Waals surface area (Å²) in [5, 5.41) is 2.86. The van der Waals surface area contributed by atoms with Gasteiger partial charge < -0.3 is 15.8 Å². The molecule has 0 unspecified atom stereocenters. The maximum absolute atomic E-state index is 12.0. The molecule has 0 aliphatic heterocycles. The van der Waals surface area contributed by atoms with Crippen LogP contribution in [0.2, 0.25) is 0 Å². The van der Waals surface area contributed by atoms with Crippen molar-refractivity contribution in [3.05, 3.63) is 53.6 Å². The van der Waals surface area contributed by atoms with E-state index in [0.717, 1.165) is 28.3 Å². The van der Waals surface area contributed by atoms with Crippen LogP contribution < -0.4 is 15.8 Å². The van der Waals surface area contributed by atoms with E-state index in [4.69, 9.17) is 10.5 Å². The minimum atomic E-state index is -0.0256. The maximum atomic E-state index is 12.0. The molecular weight excluding hydrogens is 264 g/mol. The van der Waals surface area contributed by atoms with Gasteiger partial charge >= 0.3 is 0 Å². The van der Waals surface area contributed by atoms with Gasteiger partial charge in [0.15, 0.2) is 0 Å². The van der Waals surface area contributed by atoms with Gasteiger partial charge in [-0.2, -0.15) is 0 Å². The van der Waals surface area contributed by atoms with Gasteiger partial charge in [-0.3, -0.25) is 4.79 Å². The van der Waals surface area contributed by atoms with Gasteiger partial charge in [-0.25, -0.2) is 0 Å². The van der Waals surface area contributed by atoms with Crippen LogP contribution in [0.5, 0.6) is 5.75 Å². The third kappa shape index (κ3) is 4.24. The molecule has 2 aromatic rings. The molecule has 0 aliphatic carbocycles. The number of amides is 1. The average Bonchev–Trinajstić information content (AvgIpc) is 2.48. The number of rotatable bonds is 5. The van der Waals surface area contributed by atoms with Crippen LogP contribution in [0.4, 0.5) is 11.4 Å². The van der Waals surface area contributed by atoms with Crippen molar-refractivity contribution in [2.24, 2.45) is 0 Å². The number of carbonyl (C=O) groups is 1. The lowest BCUT2D eigenvalue weighted by atomic mass is 10.1. The van der Waals surface area contributed by atoms with Gasteiger partial charge in [0.25, 0.3) is 0 Å². The second-order valence-electron chi connectivity index (χ2n) is 4.97. The van der Waals surface area contributed by atoms with E-state index in [1.165, 1.54) is 0 Å². The maximum Gasteiger partial charge on any atom is 0.224 e. The van der Waals surface area contributed by atoms with Gasteiger partial charge in [0, 0.05) is 23.9 Å². The summed E-state index contributed by atoms with van der Waals surface area (Å²) in [4.78, 5) is 12.0. The van der Waals surface area contributed by atoms with Crippen LogP contribution in [-0.4, -0.2) is 13.0 Å². The summed E-state index contributed by atoms with van der Waals surface area (Å²) in [6.45, 7) is 1.97. The van der Waals surface area contributed by atoms with Gasteiger partial charge in [0.2, 0.25) is 5.91 Å². The Morgan fingerprint density at radius 1 is 1.24 bits per heavy atom. The predicted molar refractivity (Wildman–Crippen MR) is 85.5 cm³/mol. The summed E-state index contributed by atoms with van der Waals surface area (Å²) < 4.78 is 5.12. The number of nitrogens with two attached hydrogens (primary N) is 1. The fourth-order valence-electron chi connectivity index (χ4n) is 2.03. The Balaban J connectivity index is 1.90. The van der Waals surface area contributed by atoms with E-state index in [9.17, 15) is 4.79 Å². The van der Waals surface area contributed by atoms with Crippen LogP contribution in [0.25, 0.3) is 0 Å². The number of ether oxygens (including phenoxy) is 1. The van der Waals surface area contributed by atoms with Crippen LogP contribution in [0.1, 0.15) is 17.5 Å². The predicted octanol–water partition coefficient (Wildman–Crippen LogP) is 3.16. The van der Waals surface area contributed by atoms with Crippen LogP contribution in [0, 0.1) is 6.92 Å². The van der Waals surface area contributed by atoms with Crippen molar-refractivity contribution in [3.8, 4) is 5.75 Å². The Labute approximate surface area is 124 Å². The quantitative estimate of drug-likeness (QED) is 0.829. The van der Waals surface area contributed by atoms with Gasteiger partial charge in [0.1, 0.15) is 5.75 Å². The monoisotopic (exact) mass is 284 g/mol. The zero-order chi connectivity index (χ0) is 15.2. The fourth-order valence-corrected chi connectivity index (χ4v) is 2.03. The lowest BCUT2D eigenvalue weighted by Crippen LogP contribution is -2.12.